The van der Waals surface area contributed by atoms with Crippen LogP contribution in [0, 0.1) is 32.4 Å². The van der Waals surface area contributed by atoms with Gasteiger partial charge in [-0.1, -0.05) is 63.1 Å². The van der Waals surface area contributed by atoms with Crippen molar-refractivity contribution in [1.29, 1.82) is 0 Å². The van der Waals surface area contributed by atoms with E-state index in [2.05, 4.69) is 38.1 Å². The molecule has 0 spiro atoms. The van der Waals surface area contributed by atoms with Crippen molar-refractivity contribution in [3.05, 3.63) is 70.8 Å². The van der Waals surface area contributed by atoms with E-state index in [1.54, 1.807) is 6.92 Å². The molecule has 0 aliphatic carbocycles. The van der Waals surface area contributed by atoms with E-state index in [4.69, 9.17) is 0 Å². The maximum absolute atomic E-state index is 12.2. The van der Waals surface area contributed by atoms with E-state index in [0.717, 1.165) is 6.07 Å². The van der Waals surface area contributed by atoms with Gasteiger partial charge in [0.1, 0.15) is 11.6 Å². The lowest BCUT2D eigenvalue weighted by atomic mass is 10.2. The SMILES string of the molecule is CC.CC.Cc1cc(F)cc(F)c1.Cc1cccc(C)c1. The van der Waals surface area contributed by atoms with Gasteiger partial charge in [0.15, 0.2) is 0 Å². The Morgan fingerprint density at radius 2 is 0.952 bits per heavy atom. The molecule has 2 heteroatoms. The summed E-state index contributed by atoms with van der Waals surface area (Å²) in [5.41, 5.74) is 3.28. The Hall–Kier alpha value is -1.70. The van der Waals surface area contributed by atoms with Crippen molar-refractivity contribution in [3.63, 3.8) is 0 Å². The highest BCUT2D eigenvalue weighted by Gasteiger charge is 1.93. The molecule has 0 nitrogen and oxygen atoms in total. The molecule has 0 N–H and O–H groups in total. The first-order chi connectivity index (χ1) is 9.97. The van der Waals surface area contributed by atoms with Crippen LogP contribution < -0.4 is 0 Å². The summed E-state index contributed by atoms with van der Waals surface area (Å²) in [5.74, 6) is -1.04. The van der Waals surface area contributed by atoms with E-state index in [1.807, 2.05) is 27.7 Å². The second-order valence-corrected chi connectivity index (χ2v) is 4.10. The molecule has 118 valence electrons. The Bertz CT molecular complexity index is 423. The number of halogens is 2. The Morgan fingerprint density at radius 1 is 0.571 bits per heavy atom. The maximum Gasteiger partial charge on any atom is 0.126 e. The minimum absolute atomic E-state index is 0.521. The van der Waals surface area contributed by atoms with Crippen LogP contribution in [0.25, 0.3) is 0 Å². The molecule has 0 aromatic heterocycles. The van der Waals surface area contributed by atoms with Crippen LogP contribution in [0.5, 0.6) is 0 Å². The number of hydrogen-bond donors (Lipinski definition) is 0. The molecule has 0 atom stereocenters. The van der Waals surface area contributed by atoms with Gasteiger partial charge < -0.3 is 0 Å². The molecule has 21 heavy (non-hydrogen) atoms. The molecule has 2 aromatic carbocycles. The lowest BCUT2D eigenvalue weighted by molar-refractivity contribution is 0.581. The summed E-state index contributed by atoms with van der Waals surface area (Å²) >= 11 is 0. The van der Waals surface area contributed by atoms with Crippen LogP contribution in [0.15, 0.2) is 42.5 Å². The molecular weight excluding hydrogens is 266 g/mol. The predicted octanol–water partition coefficient (Wildman–Crippen LogP) is 6.63. The number of aryl methyl sites for hydroxylation is 3. The Balaban J connectivity index is 0. The highest BCUT2D eigenvalue weighted by molar-refractivity contribution is 5.20. The van der Waals surface area contributed by atoms with Crippen molar-refractivity contribution in [2.24, 2.45) is 0 Å². The zero-order chi connectivity index (χ0) is 16.8. The topological polar surface area (TPSA) is 0 Å². The molecule has 0 aliphatic heterocycles. The zero-order valence-electron chi connectivity index (χ0n) is 14.3. The number of hydrogen-bond acceptors (Lipinski definition) is 0. The molecule has 0 unspecified atom stereocenters. The summed E-state index contributed by atoms with van der Waals surface area (Å²) in [6.45, 7) is 13.9. The van der Waals surface area contributed by atoms with Crippen LogP contribution in [0.3, 0.4) is 0 Å². The monoisotopic (exact) mass is 294 g/mol. The summed E-state index contributed by atoms with van der Waals surface area (Å²) in [4.78, 5) is 0. The molecule has 0 saturated heterocycles. The summed E-state index contributed by atoms with van der Waals surface area (Å²) in [7, 11) is 0. The molecule has 0 heterocycles. The van der Waals surface area contributed by atoms with Gasteiger partial charge in [-0.3, -0.25) is 0 Å². The van der Waals surface area contributed by atoms with E-state index >= 15 is 0 Å². The second kappa shape index (κ2) is 13.3. The van der Waals surface area contributed by atoms with Crippen LogP contribution in [0.4, 0.5) is 8.78 Å². The fourth-order valence-electron chi connectivity index (χ4n) is 1.50. The van der Waals surface area contributed by atoms with E-state index in [-0.39, 0.29) is 0 Å². The van der Waals surface area contributed by atoms with Gasteiger partial charge >= 0.3 is 0 Å². The highest BCUT2D eigenvalue weighted by atomic mass is 19.1. The normalized spacial score (nSPS) is 8.24. The molecule has 0 bridgehead atoms. The third kappa shape index (κ3) is 11.8. The third-order valence-electron chi connectivity index (χ3n) is 2.18. The number of rotatable bonds is 0. The van der Waals surface area contributed by atoms with Crippen molar-refractivity contribution in [1.82, 2.24) is 0 Å². The second-order valence-electron chi connectivity index (χ2n) is 4.10. The largest absolute Gasteiger partial charge is 0.207 e. The average molecular weight is 294 g/mol. The quantitative estimate of drug-likeness (QED) is 0.511. The molecule has 2 aromatic rings. The van der Waals surface area contributed by atoms with Crippen molar-refractivity contribution < 1.29 is 8.78 Å². The van der Waals surface area contributed by atoms with Crippen LogP contribution in [-0.4, -0.2) is 0 Å². The van der Waals surface area contributed by atoms with Gasteiger partial charge in [0.05, 0.1) is 0 Å². The van der Waals surface area contributed by atoms with Gasteiger partial charge in [0.25, 0.3) is 0 Å². The summed E-state index contributed by atoms with van der Waals surface area (Å²) < 4.78 is 24.4. The first-order valence-corrected chi connectivity index (χ1v) is 7.43. The minimum Gasteiger partial charge on any atom is -0.207 e. The van der Waals surface area contributed by atoms with Gasteiger partial charge in [-0.15, -0.1) is 0 Å². The highest BCUT2D eigenvalue weighted by Crippen LogP contribution is 2.05. The van der Waals surface area contributed by atoms with Gasteiger partial charge in [-0.05, 0) is 38.5 Å². The lowest BCUT2D eigenvalue weighted by Gasteiger charge is -1.91. The Labute approximate surface area is 128 Å². The van der Waals surface area contributed by atoms with E-state index in [0.29, 0.717) is 5.56 Å². The van der Waals surface area contributed by atoms with Gasteiger partial charge in [-0.25, -0.2) is 8.78 Å². The van der Waals surface area contributed by atoms with Crippen LogP contribution in [0.2, 0.25) is 0 Å². The van der Waals surface area contributed by atoms with Crippen LogP contribution >= 0.6 is 0 Å². The summed E-state index contributed by atoms with van der Waals surface area (Å²) in [6, 6.07) is 11.9. The summed E-state index contributed by atoms with van der Waals surface area (Å²) in [6.07, 6.45) is 0. The molecular formula is C19H28F2. The van der Waals surface area contributed by atoms with E-state index in [9.17, 15) is 8.78 Å². The molecule has 2 rings (SSSR count). The number of benzene rings is 2. The van der Waals surface area contributed by atoms with Crippen molar-refractivity contribution in [2.75, 3.05) is 0 Å². The van der Waals surface area contributed by atoms with E-state index < -0.39 is 11.6 Å². The molecule has 0 saturated carbocycles. The minimum atomic E-state index is -0.521. The smallest absolute Gasteiger partial charge is 0.126 e. The van der Waals surface area contributed by atoms with Crippen molar-refractivity contribution in [3.8, 4) is 0 Å². The van der Waals surface area contributed by atoms with Gasteiger partial charge in [-0.2, -0.15) is 0 Å². The fraction of sp³-hybridized carbons (Fsp3) is 0.368. The maximum atomic E-state index is 12.2. The summed E-state index contributed by atoms with van der Waals surface area (Å²) in [5, 5.41) is 0. The molecule has 0 amide bonds. The average Bonchev–Trinajstić information content (AvgIpc) is 2.42. The Kier molecular flexibility index (Phi) is 13.7. The third-order valence-corrected chi connectivity index (χ3v) is 2.18. The Morgan fingerprint density at radius 3 is 1.19 bits per heavy atom. The standard InChI is InChI=1S/C8H10.C7H6F2.2C2H6/c1-7-4-3-5-8(2)6-7;1-5-2-6(8)4-7(9)3-5;2*1-2/h3-6H,1-2H3;2-4H,1H3;2*1-2H3. The van der Waals surface area contributed by atoms with Crippen LogP contribution in [-0.2, 0) is 0 Å². The molecule has 0 aliphatic rings. The first-order valence-electron chi connectivity index (χ1n) is 7.43. The van der Waals surface area contributed by atoms with Crippen molar-refractivity contribution >= 4 is 0 Å². The lowest BCUT2D eigenvalue weighted by Crippen LogP contribution is -1.80. The van der Waals surface area contributed by atoms with Crippen molar-refractivity contribution in [2.45, 2.75) is 48.5 Å². The first kappa shape index (κ1) is 21.6. The molecule has 0 radical (unpaired) electrons. The van der Waals surface area contributed by atoms with Gasteiger partial charge in [0, 0.05) is 6.07 Å². The van der Waals surface area contributed by atoms with Gasteiger partial charge in [0.2, 0.25) is 0 Å². The zero-order valence-corrected chi connectivity index (χ0v) is 14.3. The molecule has 0 fully saturated rings. The van der Waals surface area contributed by atoms with Crippen LogP contribution in [0.1, 0.15) is 44.4 Å². The van der Waals surface area contributed by atoms with E-state index in [1.165, 1.54) is 23.3 Å². The fourth-order valence-corrected chi connectivity index (χ4v) is 1.50. The predicted molar refractivity (Wildman–Crippen MR) is 89.7 cm³/mol.